The number of amides is 1. The van der Waals surface area contributed by atoms with Crippen molar-refractivity contribution in [1.82, 2.24) is 19.9 Å². The molecule has 8 nitrogen and oxygen atoms in total. The van der Waals surface area contributed by atoms with Gasteiger partial charge in [-0.05, 0) is 18.2 Å². The fourth-order valence-electron chi connectivity index (χ4n) is 3.66. The first-order valence-electron chi connectivity index (χ1n) is 10.3. The van der Waals surface area contributed by atoms with E-state index in [4.69, 9.17) is 4.74 Å². The van der Waals surface area contributed by atoms with E-state index >= 15 is 0 Å². The topological polar surface area (TPSA) is 83.5 Å². The minimum Gasteiger partial charge on any atom is -0.375 e. The lowest BCUT2D eigenvalue weighted by molar-refractivity contribution is -0.149. The summed E-state index contributed by atoms with van der Waals surface area (Å²) in [6.45, 7) is 0.534. The second kappa shape index (κ2) is 9.57. The van der Waals surface area contributed by atoms with E-state index in [1.165, 1.54) is 12.3 Å². The first-order chi connectivity index (χ1) is 15.8. The van der Waals surface area contributed by atoms with E-state index in [-0.39, 0.29) is 32.1 Å². The molecule has 1 saturated heterocycles. The minimum absolute atomic E-state index is 0.0384. The van der Waals surface area contributed by atoms with Crippen molar-refractivity contribution >= 4 is 28.4 Å². The largest absolute Gasteiger partial charge is 0.375 e. The zero-order valence-electron chi connectivity index (χ0n) is 18.1. The van der Waals surface area contributed by atoms with Crippen LogP contribution in [0.1, 0.15) is 0 Å². The lowest BCUT2D eigenvalue weighted by Crippen LogP contribution is -2.49. The molecule has 1 aliphatic rings. The molecule has 1 unspecified atom stereocenters. The van der Waals surface area contributed by atoms with E-state index in [0.29, 0.717) is 33.8 Å². The summed E-state index contributed by atoms with van der Waals surface area (Å²) >= 11 is 0. The lowest BCUT2D eigenvalue weighted by Gasteiger charge is -2.32. The maximum atomic E-state index is 14.5. The van der Waals surface area contributed by atoms with Gasteiger partial charge < -0.3 is 19.9 Å². The van der Waals surface area contributed by atoms with Crippen LogP contribution in [0.25, 0.3) is 22.3 Å². The number of aromatic nitrogens is 3. The van der Waals surface area contributed by atoms with Gasteiger partial charge in [-0.3, -0.25) is 9.78 Å². The third-order valence-corrected chi connectivity index (χ3v) is 5.32. The lowest BCUT2D eigenvalue weighted by atomic mass is 10.1. The molecule has 4 rings (SSSR count). The molecule has 1 atom stereocenters. The number of carbonyl (C=O) groups excluding carboxylic acids is 1. The summed E-state index contributed by atoms with van der Waals surface area (Å²) in [4.78, 5) is 27.7. The third-order valence-electron chi connectivity index (χ3n) is 5.32. The number of nitrogens with zero attached hydrogens (tertiary/aromatic N) is 5. The molecule has 0 aliphatic carbocycles. The Morgan fingerprint density at radius 2 is 2.06 bits per heavy atom. The molecule has 0 bridgehead atoms. The van der Waals surface area contributed by atoms with Crippen LogP contribution in [0, 0.1) is 5.82 Å². The summed E-state index contributed by atoms with van der Waals surface area (Å²) in [5.74, 6) is -1.19. The standard InChI is InChI=1S/C22H23F3N6O2/c1-30(2)18-4-3-13(9-15(18)23)16-10-17-19(27-6-5-26-17)21(29-16)28-11-14-12-31(7-8-33-14)22(32)20(24)25/h3-6,9-10,14,20H,7-8,11-12H2,1-2H3,(H,28,29). The van der Waals surface area contributed by atoms with Gasteiger partial charge in [0.2, 0.25) is 0 Å². The first-order valence-corrected chi connectivity index (χ1v) is 10.3. The third kappa shape index (κ3) is 4.98. The van der Waals surface area contributed by atoms with Crippen LogP contribution in [0.5, 0.6) is 0 Å². The summed E-state index contributed by atoms with van der Waals surface area (Å²) in [5.41, 5.74) is 2.57. The fourth-order valence-corrected chi connectivity index (χ4v) is 3.66. The number of halogens is 3. The van der Waals surface area contributed by atoms with Gasteiger partial charge in [0.05, 0.1) is 29.6 Å². The Morgan fingerprint density at radius 3 is 2.79 bits per heavy atom. The van der Waals surface area contributed by atoms with Crippen LogP contribution in [0.3, 0.4) is 0 Å². The van der Waals surface area contributed by atoms with Crippen LogP contribution in [0.4, 0.5) is 24.7 Å². The second-order valence-electron chi connectivity index (χ2n) is 7.80. The number of hydrogen-bond acceptors (Lipinski definition) is 7. The molecule has 1 aromatic carbocycles. The summed E-state index contributed by atoms with van der Waals surface area (Å²) in [5, 5.41) is 3.13. The second-order valence-corrected chi connectivity index (χ2v) is 7.80. The van der Waals surface area contributed by atoms with Gasteiger partial charge in [0.15, 0.2) is 5.82 Å². The van der Waals surface area contributed by atoms with Crippen molar-refractivity contribution in [1.29, 1.82) is 0 Å². The molecule has 0 spiro atoms. The summed E-state index contributed by atoms with van der Waals surface area (Å²) in [6, 6.07) is 6.56. The van der Waals surface area contributed by atoms with Crippen LogP contribution >= 0.6 is 0 Å². The van der Waals surface area contributed by atoms with E-state index in [0.717, 1.165) is 4.90 Å². The Bertz CT molecular complexity index is 1160. The molecule has 1 N–H and O–H groups in total. The monoisotopic (exact) mass is 460 g/mol. The predicted octanol–water partition coefficient (Wildman–Crippen LogP) is 2.80. The number of morpholine rings is 1. The van der Waals surface area contributed by atoms with Gasteiger partial charge in [0.1, 0.15) is 11.3 Å². The number of nitrogens with one attached hydrogen (secondary N) is 1. The van der Waals surface area contributed by atoms with Gasteiger partial charge in [-0.25, -0.2) is 14.4 Å². The molecule has 0 radical (unpaired) electrons. The Morgan fingerprint density at radius 1 is 1.27 bits per heavy atom. The molecule has 11 heteroatoms. The molecule has 2 aromatic heterocycles. The van der Waals surface area contributed by atoms with Crippen molar-refractivity contribution in [2.24, 2.45) is 0 Å². The van der Waals surface area contributed by atoms with Gasteiger partial charge in [0.25, 0.3) is 5.91 Å². The average Bonchev–Trinajstić information content (AvgIpc) is 2.81. The Kier molecular flexibility index (Phi) is 6.59. The number of ether oxygens (including phenoxy) is 1. The predicted molar refractivity (Wildman–Crippen MR) is 118 cm³/mol. The van der Waals surface area contributed by atoms with Crippen LogP contribution in [-0.2, 0) is 9.53 Å². The highest BCUT2D eigenvalue weighted by Crippen LogP contribution is 2.28. The van der Waals surface area contributed by atoms with Crippen molar-refractivity contribution in [2.75, 3.05) is 50.6 Å². The number of carbonyl (C=O) groups is 1. The molecule has 0 saturated carbocycles. The SMILES string of the molecule is CN(C)c1ccc(-c2cc3nccnc3c(NCC3CN(C(=O)C(F)F)CCO3)n2)cc1F. The van der Waals surface area contributed by atoms with Crippen LogP contribution in [0.15, 0.2) is 36.7 Å². The van der Waals surface area contributed by atoms with Gasteiger partial charge in [-0.1, -0.05) is 6.07 Å². The number of pyridine rings is 1. The van der Waals surface area contributed by atoms with Gasteiger partial charge in [-0.15, -0.1) is 0 Å². The number of hydrogen-bond donors (Lipinski definition) is 1. The fraction of sp³-hybridized carbons (Fsp3) is 0.364. The van der Waals surface area contributed by atoms with Crippen molar-refractivity contribution in [3.05, 3.63) is 42.5 Å². The van der Waals surface area contributed by atoms with E-state index in [1.54, 1.807) is 43.4 Å². The molecule has 1 aliphatic heterocycles. The van der Waals surface area contributed by atoms with E-state index in [9.17, 15) is 18.0 Å². The summed E-state index contributed by atoms with van der Waals surface area (Å²) in [7, 11) is 3.51. The van der Waals surface area contributed by atoms with Crippen LogP contribution < -0.4 is 10.2 Å². The highest BCUT2D eigenvalue weighted by molar-refractivity contribution is 5.88. The zero-order chi connectivity index (χ0) is 23.5. The van der Waals surface area contributed by atoms with Crippen LogP contribution in [-0.4, -0.2) is 78.6 Å². The smallest absolute Gasteiger partial charge is 0.315 e. The van der Waals surface area contributed by atoms with Crippen molar-refractivity contribution in [3.8, 4) is 11.3 Å². The highest BCUT2D eigenvalue weighted by atomic mass is 19.3. The average molecular weight is 460 g/mol. The van der Waals surface area contributed by atoms with Gasteiger partial charge >= 0.3 is 6.43 Å². The molecule has 1 amide bonds. The molecule has 174 valence electrons. The summed E-state index contributed by atoms with van der Waals surface area (Å²) in [6.07, 6.45) is -0.478. The number of benzene rings is 1. The number of rotatable bonds is 6. The van der Waals surface area contributed by atoms with Crippen molar-refractivity contribution < 1.29 is 22.7 Å². The Balaban J connectivity index is 1.59. The van der Waals surface area contributed by atoms with Crippen LogP contribution in [0.2, 0.25) is 0 Å². The van der Waals surface area contributed by atoms with Crippen molar-refractivity contribution in [2.45, 2.75) is 12.5 Å². The van der Waals surface area contributed by atoms with E-state index in [1.807, 2.05) is 0 Å². The highest BCUT2D eigenvalue weighted by Gasteiger charge is 2.29. The normalized spacial score (nSPS) is 16.3. The zero-order valence-corrected chi connectivity index (χ0v) is 18.1. The molecule has 3 aromatic rings. The van der Waals surface area contributed by atoms with Crippen molar-refractivity contribution in [3.63, 3.8) is 0 Å². The number of anilines is 2. The molecular formula is C22H23F3N6O2. The number of fused-ring (bicyclic) bond motifs is 1. The molecule has 33 heavy (non-hydrogen) atoms. The molecule has 3 heterocycles. The quantitative estimate of drug-likeness (QED) is 0.606. The Labute approximate surface area is 188 Å². The van der Waals surface area contributed by atoms with Gasteiger partial charge in [0, 0.05) is 51.7 Å². The minimum atomic E-state index is -3.05. The van der Waals surface area contributed by atoms with E-state index < -0.39 is 18.4 Å². The molecular weight excluding hydrogens is 437 g/mol. The maximum absolute atomic E-state index is 14.5. The maximum Gasteiger partial charge on any atom is 0.315 e. The van der Waals surface area contributed by atoms with Gasteiger partial charge in [-0.2, -0.15) is 8.78 Å². The molecule has 1 fully saturated rings. The number of alkyl halides is 2. The van der Waals surface area contributed by atoms with E-state index in [2.05, 4.69) is 20.3 Å². The Hall–Kier alpha value is -3.47. The first kappa shape index (κ1) is 22.7. The summed E-state index contributed by atoms with van der Waals surface area (Å²) < 4.78 is 45.7.